The molecule has 0 bridgehead atoms. The Morgan fingerprint density at radius 3 is 1.78 bits per heavy atom. The van der Waals surface area contributed by atoms with Gasteiger partial charge in [0.05, 0.1) is 0 Å². The number of terminal acetylenes is 2. The number of rotatable bonds is 8. The van der Waals surface area contributed by atoms with Crippen LogP contribution in [0.2, 0.25) is 0 Å². The zero-order chi connectivity index (χ0) is 14.1. The van der Waals surface area contributed by atoms with Crippen molar-refractivity contribution in [3.63, 3.8) is 0 Å². The molecule has 0 aliphatic heterocycles. The molecule has 0 spiro atoms. The first-order valence-corrected chi connectivity index (χ1v) is 6.89. The average Bonchev–Trinajstić information content (AvgIpc) is 2.27. The first kappa shape index (κ1) is 17.0. The van der Waals surface area contributed by atoms with E-state index in [1.807, 2.05) is 0 Å². The maximum absolute atomic E-state index is 12.0. The topological polar surface area (TPSA) is 44.8 Å². The third-order valence-electron chi connectivity index (χ3n) is 1.49. The highest BCUT2D eigenvalue weighted by molar-refractivity contribution is 7.63. The van der Waals surface area contributed by atoms with E-state index >= 15 is 0 Å². The minimum absolute atomic E-state index is 0.162. The van der Waals surface area contributed by atoms with E-state index in [0.29, 0.717) is 0 Å². The molecule has 0 aromatic rings. The van der Waals surface area contributed by atoms with Gasteiger partial charge in [0.15, 0.2) is 7.14 Å². The number of hydrogen-bond donors (Lipinski definition) is 0. The summed E-state index contributed by atoms with van der Waals surface area (Å²) < 4.78 is 60.7. The van der Waals surface area contributed by atoms with Gasteiger partial charge >= 0.3 is 6.36 Å². The third-order valence-corrected chi connectivity index (χ3v) is 3.39. The van der Waals surface area contributed by atoms with Crippen molar-refractivity contribution in [1.82, 2.24) is 0 Å². The summed E-state index contributed by atoms with van der Waals surface area (Å²) in [5.74, 6) is 4.20. The predicted molar refractivity (Wildman–Crippen MR) is 58.9 cm³/mol. The SMILES string of the molecule is C#CCOCP(=O)(COCC#C)COC(F)(F)F. The molecule has 0 aromatic heterocycles. The van der Waals surface area contributed by atoms with Gasteiger partial charge in [-0.2, -0.15) is 0 Å². The summed E-state index contributed by atoms with van der Waals surface area (Å²) in [6.45, 7) is -0.323. The monoisotopic (exact) mass is 284 g/mol. The van der Waals surface area contributed by atoms with Crippen molar-refractivity contribution >= 4 is 7.14 Å². The van der Waals surface area contributed by atoms with E-state index in [-0.39, 0.29) is 13.2 Å². The highest BCUT2D eigenvalue weighted by Crippen LogP contribution is 2.46. The maximum Gasteiger partial charge on any atom is 0.522 e. The minimum atomic E-state index is -4.87. The van der Waals surface area contributed by atoms with Gasteiger partial charge in [0.1, 0.15) is 32.3 Å². The molecule has 0 aromatic carbocycles. The van der Waals surface area contributed by atoms with Gasteiger partial charge in [-0.05, 0) is 0 Å². The van der Waals surface area contributed by atoms with Crippen LogP contribution in [0, 0.1) is 24.7 Å². The van der Waals surface area contributed by atoms with Gasteiger partial charge in [0.2, 0.25) is 0 Å². The molecule has 18 heavy (non-hydrogen) atoms. The molecule has 0 N–H and O–H groups in total. The molecule has 102 valence electrons. The Bertz CT molecular complexity index is 343. The van der Waals surface area contributed by atoms with E-state index in [1.165, 1.54) is 0 Å². The molecule has 0 aliphatic rings. The smallest absolute Gasteiger partial charge is 0.361 e. The summed E-state index contributed by atoms with van der Waals surface area (Å²) in [5, 5.41) is 0. The van der Waals surface area contributed by atoms with Crippen LogP contribution in [0.3, 0.4) is 0 Å². The van der Waals surface area contributed by atoms with Crippen molar-refractivity contribution in [3.05, 3.63) is 0 Å². The normalized spacial score (nSPS) is 11.8. The Morgan fingerprint density at radius 1 is 1.00 bits per heavy atom. The van der Waals surface area contributed by atoms with Crippen LogP contribution < -0.4 is 0 Å². The second-order valence-corrected chi connectivity index (χ2v) is 6.03. The lowest BCUT2D eigenvalue weighted by atomic mass is 10.8. The van der Waals surface area contributed by atoms with Gasteiger partial charge < -0.3 is 14.0 Å². The predicted octanol–water partition coefficient (Wildman–Crippen LogP) is 2.06. The molecule has 0 saturated heterocycles. The van der Waals surface area contributed by atoms with Crippen molar-refractivity contribution in [1.29, 1.82) is 0 Å². The number of halogens is 3. The quantitative estimate of drug-likeness (QED) is 0.389. The Balaban J connectivity index is 4.36. The van der Waals surface area contributed by atoms with Crippen molar-refractivity contribution in [2.45, 2.75) is 6.36 Å². The van der Waals surface area contributed by atoms with Gasteiger partial charge in [0, 0.05) is 0 Å². The van der Waals surface area contributed by atoms with Crippen LogP contribution in [0.5, 0.6) is 0 Å². The number of hydrogen-bond acceptors (Lipinski definition) is 4. The standard InChI is InChI=1S/C10H12F3O4P/c1-3-5-15-7-18(14,8-16-6-4-2)9-17-10(11,12)13/h1-2H,5-9H2. The van der Waals surface area contributed by atoms with Crippen LogP contribution in [-0.4, -0.2) is 38.6 Å². The molecule has 0 unspecified atom stereocenters. The molecule has 8 heteroatoms. The first-order valence-electron chi connectivity index (χ1n) is 4.63. The fraction of sp³-hybridized carbons (Fsp3) is 0.600. The summed E-state index contributed by atoms with van der Waals surface area (Å²) in [6, 6.07) is 0. The third kappa shape index (κ3) is 9.09. The summed E-state index contributed by atoms with van der Waals surface area (Å²) in [5.41, 5.74) is 0. The fourth-order valence-electron chi connectivity index (χ4n) is 0.845. The zero-order valence-corrected chi connectivity index (χ0v) is 10.3. The molecule has 0 atom stereocenters. The van der Waals surface area contributed by atoms with Crippen LogP contribution >= 0.6 is 7.14 Å². The van der Waals surface area contributed by atoms with E-state index in [4.69, 9.17) is 22.3 Å². The lowest BCUT2D eigenvalue weighted by Crippen LogP contribution is -2.17. The summed E-state index contributed by atoms with van der Waals surface area (Å²) in [7, 11) is -3.45. The average molecular weight is 284 g/mol. The Labute approximate surface area is 103 Å². The van der Waals surface area contributed by atoms with E-state index in [1.54, 1.807) is 0 Å². The van der Waals surface area contributed by atoms with Crippen LogP contribution in [0.1, 0.15) is 0 Å². The van der Waals surface area contributed by atoms with E-state index < -0.39 is 32.5 Å². The molecule has 0 fully saturated rings. The van der Waals surface area contributed by atoms with Crippen LogP contribution in [0.15, 0.2) is 0 Å². The van der Waals surface area contributed by atoms with Crippen molar-refractivity contribution in [3.8, 4) is 24.7 Å². The molecular weight excluding hydrogens is 272 g/mol. The van der Waals surface area contributed by atoms with Crippen molar-refractivity contribution < 1.29 is 31.9 Å². The van der Waals surface area contributed by atoms with E-state index in [2.05, 4.69) is 16.6 Å². The molecule has 4 nitrogen and oxygen atoms in total. The molecule has 0 amide bonds. The molecule has 0 radical (unpaired) electrons. The van der Waals surface area contributed by atoms with E-state index in [9.17, 15) is 17.7 Å². The van der Waals surface area contributed by atoms with Crippen LogP contribution in [0.4, 0.5) is 13.2 Å². The van der Waals surface area contributed by atoms with Crippen molar-refractivity contribution in [2.75, 3.05) is 32.3 Å². The summed E-state index contributed by atoms with van der Waals surface area (Å²) in [6.07, 6.45) is 2.95. The van der Waals surface area contributed by atoms with Gasteiger partial charge in [0.25, 0.3) is 0 Å². The summed E-state index contributed by atoms with van der Waals surface area (Å²) >= 11 is 0. The molecule has 0 heterocycles. The number of ether oxygens (including phenoxy) is 3. The minimum Gasteiger partial charge on any atom is -0.361 e. The van der Waals surface area contributed by atoms with Gasteiger partial charge in [-0.15, -0.1) is 26.0 Å². The Kier molecular flexibility index (Phi) is 7.73. The highest BCUT2D eigenvalue weighted by Gasteiger charge is 2.34. The highest BCUT2D eigenvalue weighted by atomic mass is 31.2. The Morgan fingerprint density at radius 2 is 1.44 bits per heavy atom. The van der Waals surface area contributed by atoms with Gasteiger partial charge in [-0.1, -0.05) is 11.8 Å². The summed E-state index contributed by atoms with van der Waals surface area (Å²) in [4.78, 5) is 0. The molecule has 0 saturated carbocycles. The second-order valence-electron chi connectivity index (χ2n) is 3.14. The van der Waals surface area contributed by atoms with Gasteiger partial charge in [-0.25, -0.2) is 0 Å². The second kappa shape index (κ2) is 8.18. The van der Waals surface area contributed by atoms with Crippen molar-refractivity contribution in [2.24, 2.45) is 0 Å². The molecule has 0 aliphatic carbocycles. The lowest BCUT2D eigenvalue weighted by Gasteiger charge is -2.18. The van der Waals surface area contributed by atoms with Gasteiger partial charge in [-0.3, -0.25) is 4.74 Å². The van der Waals surface area contributed by atoms with Crippen LogP contribution in [-0.2, 0) is 18.8 Å². The maximum atomic E-state index is 12.0. The van der Waals surface area contributed by atoms with Crippen LogP contribution in [0.25, 0.3) is 0 Å². The fourth-order valence-corrected chi connectivity index (χ4v) is 2.30. The Hall–Kier alpha value is -0.980. The largest absolute Gasteiger partial charge is 0.522 e. The molecular formula is C10H12F3O4P. The number of alkyl halides is 3. The lowest BCUT2D eigenvalue weighted by molar-refractivity contribution is -0.316. The zero-order valence-electron chi connectivity index (χ0n) is 9.40. The van der Waals surface area contributed by atoms with E-state index in [0.717, 1.165) is 0 Å². The first-order chi connectivity index (χ1) is 8.33. The molecule has 0 rings (SSSR count).